The van der Waals surface area contributed by atoms with Crippen LogP contribution in [0, 0.1) is 0 Å². The molecule has 0 aliphatic rings. The molecule has 0 aliphatic carbocycles. The summed E-state index contributed by atoms with van der Waals surface area (Å²) in [5.41, 5.74) is 2.45. The molecule has 3 aromatic carbocycles. The Hall–Kier alpha value is -3.08. The summed E-state index contributed by atoms with van der Waals surface area (Å²) in [6.45, 7) is 0. The number of amides is 1. The number of hydrogen-bond donors (Lipinski definition) is 1. The summed E-state index contributed by atoms with van der Waals surface area (Å²) in [5.74, 6) is 0.689. The third-order valence-corrected chi connectivity index (χ3v) is 4.52. The first-order valence-electron chi connectivity index (χ1n) is 8.48. The number of halogens is 2. The van der Waals surface area contributed by atoms with E-state index in [4.69, 9.17) is 27.6 Å². The van der Waals surface area contributed by atoms with Crippen LogP contribution in [0.4, 0.5) is 5.69 Å². The van der Waals surface area contributed by atoms with Crippen LogP contribution in [-0.4, -0.2) is 10.9 Å². The molecule has 0 aliphatic heterocycles. The van der Waals surface area contributed by atoms with Crippen LogP contribution in [0.5, 0.6) is 0 Å². The summed E-state index contributed by atoms with van der Waals surface area (Å²) < 4.78 is 5.90. The predicted molar refractivity (Wildman–Crippen MR) is 112 cm³/mol. The fraction of sp³-hybridized carbons (Fsp3) is 0. The summed E-state index contributed by atoms with van der Waals surface area (Å²) >= 11 is 12.0. The van der Waals surface area contributed by atoms with Crippen LogP contribution >= 0.6 is 23.2 Å². The van der Waals surface area contributed by atoms with Crippen LogP contribution in [0.2, 0.25) is 10.0 Å². The van der Waals surface area contributed by atoms with Crippen LogP contribution < -0.4 is 5.32 Å². The number of oxazole rings is 1. The zero-order chi connectivity index (χ0) is 19.5. The number of anilines is 1. The number of benzene rings is 3. The molecule has 28 heavy (non-hydrogen) atoms. The summed E-state index contributed by atoms with van der Waals surface area (Å²) in [6.07, 6.45) is 1.65. The average molecular weight is 409 g/mol. The van der Waals surface area contributed by atoms with E-state index in [0.29, 0.717) is 38.5 Å². The number of carbonyl (C=O) groups excluding carboxylic acids is 1. The van der Waals surface area contributed by atoms with Crippen molar-refractivity contribution in [3.63, 3.8) is 0 Å². The molecule has 1 aromatic heterocycles. The largest absolute Gasteiger partial charge is 0.436 e. The van der Waals surface area contributed by atoms with E-state index in [1.807, 2.05) is 36.4 Å². The zero-order valence-electron chi connectivity index (χ0n) is 14.5. The normalized spacial score (nSPS) is 10.6. The Kier molecular flexibility index (Phi) is 5.15. The van der Waals surface area contributed by atoms with E-state index in [1.165, 1.54) is 0 Å². The first kappa shape index (κ1) is 18.3. The lowest BCUT2D eigenvalue weighted by atomic mass is 10.1. The van der Waals surface area contributed by atoms with Crippen molar-refractivity contribution in [2.75, 3.05) is 5.32 Å². The fourth-order valence-electron chi connectivity index (χ4n) is 2.83. The number of hydrogen-bond acceptors (Lipinski definition) is 3. The van der Waals surface area contributed by atoms with Crippen LogP contribution in [0.15, 0.2) is 83.4 Å². The summed E-state index contributed by atoms with van der Waals surface area (Å²) in [5, 5.41) is 3.69. The molecule has 1 heterocycles. The lowest BCUT2D eigenvalue weighted by Gasteiger charge is -2.09. The Bertz CT molecular complexity index is 1120. The van der Waals surface area contributed by atoms with Crippen molar-refractivity contribution < 1.29 is 9.21 Å². The fourth-order valence-corrected chi connectivity index (χ4v) is 3.35. The zero-order valence-corrected chi connectivity index (χ0v) is 16.0. The van der Waals surface area contributed by atoms with E-state index in [1.54, 1.807) is 42.6 Å². The molecule has 1 amide bonds. The van der Waals surface area contributed by atoms with Gasteiger partial charge < -0.3 is 9.73 Å². The third-order valence-electron chi connectivity index (χ3n) is 4.09. The topological polar surface area (TPSA) is 55.1 Å². The number of aromatic nitrogens is 1. The lowest BCUT2D eigenvalue weighted by Crippen LogP contribution is -2.13. The lowest BCUT2D eigenvalue weighted by molar-refractivity contribution is 0.102. The highest BCUT2D eigenvalue weighted by Gasteiger charge is 2.17. The quantitative estimate of drug-likeness (QED) is 0.415. The number of rotatable bonds is 4. The van der Waals surface area contributed by atoms with Gasteiger partial charge in [0.05, 0.1) is 11.8 Å². The minimum atomic E-state index is -0.312. The van der Waals surface area contributed by atoms with Gasteiger partial charge in [0, 0.05) is 26.9 Å². The first-order valence-corrected chi connectivity index (χ1v) is 9.24. The molecular weight excluding hydrogens is 395 g/mol. The molecular formula is C22H14Cl2N2O2. The van der Waals surface area contributed by atoms with Gasteiger partial charge in [-0.1, -0.05) is 65.7 Å². The standard InChI is InChI=1S/C22H14Cl2N2O2/c23-15-10-16(24)12-17(11-15)26-21(27)18-8-4-5-9-19(18)22-25-13-20(28-22)14-6-2-1-3-7-14/h1-13H,(H,26,27). The molecule has 4 nitrogen and oxygen atoms in total. The van der Waals surface area contributed by atoms with E-state index >= 15 is 0 Å². The Balaban J connectivity index is 1.66. The molecule has 0 fully saturated rings. The maximum Gasteiger partial charge on any atom is 0.256 e. The highest BCUT2D eigenvalue weighted by Crippen LogP contribution is 2.29. The van der Waals surface area contributed by atoms with Crippen molar-refractivity contribution in [1.29, 1.82) is 0 Å². The van der Waals surface area contributed by atoms with Crippen LogP contribution in [0.1, 0.15) is 10.4 Å². The van der Waals surface area contributed by atoms with Gasteiger partial charge in [0.2, 0.25) is 5.89 Å². The molecule has 4 rings (SSSR count). The van der Waals surface area contributed by atoms with Crippen molar-refractivity contribution in [2.24, 2.45) is 0 Å². The molecule has 0 atom stereocenters. The monoisotopic (exact) mass is 408 g/mol. The van der Waals surface area contributed by atoms with Gasteiger partial charge in [0.15, 0.2) is 5.76 Å². The van der Waals surface area contributed by atoms with E-state index in [0.717, 1.165) is 5.56 Å². The Morgan fingerprint density at radius 3 is 2.32 bits per heavy atom. The molecule has 0 bridgehead atoms. The third kappa shape index (κ3) is 3.93. The molecule has 1 N–H and O–H groups in total. The maximum absolute atomic E-state index is 12.8. The number of nitrogens with one attached hydrogen (secondary N) is 1. The van der Waals surface area contributed by atoms with Gasteiger partial charge in [-0.25, -0.2) is 4.98 Å². The summed E-state index contributed by atoms with van der Waals surface area (Å²) in [6, 6.07) is 21.6. The second-order valence-electron chi connectivity index (χ2n) is 6.05. The van der Waals surface area contributed by atoms with Gasteiger partial charge in [-0.2, -0.15) is 0 Å². The van der Waals surface area contributed by atoms with Crippen molar-refractivity contribution in [3.8, 4) is 22.8 Å². The molecule has 6 heteroatoms. The minimum absolute atomic E-state index is 0.312. The average Bonchev–Trinajstić information content (AvgIpc) is 3.18. The molecule has 138 valence electrons. The molecule has 0 unspecified atom stereocenters. The van der Waals surface area contributed by atoms with Gasteiger partial charge in [-0.15, -0.1) is 0 Å². The van der Waals surface area contributed by atoms with Crippen molar-refractivity contribution in [3.05, 3.63) is 94.6 Å². The molecule has 0 saturated carbocycles. The van der Waals surface area contributed by atoms with Crippen molar-refractivity contribution >= 4 is 34.8 Å². The van der Waals surface area contributed by atoms with Gasteiger partial charge in [-0.3, -0.25) is 4.79 Å². The summed E-state index contributed by atoms with van der Waals surface area (Å²) in [7, 11) is 0. The van der Waals surface area contributed by atoms with E-state index in [2.05, 4.69) is 10.3 Å². The van der Waals surface area contributed by atoms with Gasteiger partial charge >= 0.3 is 0 Å². The van der Waals surface area contributed by atoms with Gasteiger partial charge in [0.25, 0.3) is 5.91 Å². The Labute approximate surface area is 171 Å². The van der Waals surface area contributed by atoms with E-state index < -0.39 is 0 Å². The molecule has 0 saturated heterocycles. The predicted octanol–water partition coefficient (Wildman–Crippen LogP) is 6.57. The molecule has 0 spiro atoms. The molecule has 4 aromatic rings. The number of carbonyl (C=O) groups is 1. The highest BCUT2D eigenvalue weighted by molar-refractivity contribution is 6.35. The molecule has 0 radical (unpaired) electrons. The van der Waals surface area contributed by atoms with Crippen LogP contribution in [0.3, 0.4) is 0 Å². The second kappa shape index (κ2) is 7.89. The Morgan fingerprint density at radius 1 is 0.893 bits per heavy atom. The highest BCUT2D eigenvalue weighted by atomic mass is 35.5. The number of nitrogens with zero attached hydrogens (tertiary/aromatic N) is 1. The Morgan fingerprint density at radius 2 is 1.57 bits per heavy atom. The van der Waals surface area contributed by atoms with Gasteiger partial charge in [0.1, 0.15) is 0 Å². The van der Waals surface area contributed by atoms with Gasteiger partial charge in [-0.05, 0) is 30.3 Å². The SMILES string of the molecule is O=C(Nc1cc(Cl)cc(Cl)c1)c1ccccc1-c1ncc(-c2ccccc2)o1. The van der Waals surface area contributed by atoms with Crippen LogP contribution in [-0.2, 0) is 0 Å². The van der Waals surface area contributed by atoms with Crippen molar-refractivity contribution in [1.82, 2.24) is 4.98 Å². The minimum Gasteiger partial charge on any atom is -0.436 e. The van der Waals surface area contributed by atoms with Crippen LogP contribution in [0.25, 0.3) is 22.8 Å². The van der Waals surface area contributed by atoms with Crippen molar-refractivity contribution in [2.45, 2.75) is 0 Å². The smallest absolute Gasteiger partial charge is 0.256 e. The second-order valence-corrected chi connectivity index (χ2v) is 6.93. The first-order chi connectivity index (χ1) is 13.6. The summed E-state index contributed by atoms with van der Waals surface area (Å²) in [4.78, 5) is 17.2. The maximum atomic E-state index is 12.8. The van der Waals surface area contributed by atoms with E-state index in [9.17, 15) is 4.79 Å². The van der Waals surface area contributed by atoms with E-state index in [-0.39, 0.29) is 5.91 Å².